The SMILES string of the molecule is c1ccc(Oc2ccc(-c3ccn([C@H]4CCCNC4)c3)cc2)cc1. The normalized spacial score (nSPS) is 17.6. The maximum Gasteiger partial charge on any atom is 0.127 e. The lowest BCUT2D eigenvalue weighted by molar-refractivity contribution is 0.372. The Hall–Kier alpha value is -2.52. The molecule has 0 bridgehead atoms. The summed E-state index contributed by atoms with van der Waals surface area (Å²) < 4.78 is 8.20. The molecule has 0 radical (unpaired) electrons. The lowest BCUT2D eigenvalue weighted by Crippen LogP contribution is -2.31. The second-order valence-electron chi connectivity index (χ2n) is 6.29. The van der Waals surface area contributed by atoms with Gasteiger partial charge >= 0.3 is 0 Å². The first-order valence-electron chi connectivity index (χ1n) is 8.60. The molecule has 0 aliphatic carbocycles. The van der Waals surface area contributed by atoms with Crippen molar-refractivity contribution in [2.45, 2.75) is 18.9 Å². The number of rotatable bonds is 4. The van der Waals surface area contributed by atoms with Gasteiger partial charge in [-0.2, -0.15) is 0 Å². The maximum atomic E-state index is 5.86. The van der Waals surface area contributed by atoms with Crippen LogP contribution in [0.3, 0.4) is 0 Å². The van der Waals surface area contributed by atoms with Gasteiger partial charge in [-0.1, -0.05) is 30.3 Å². The molecule has 24 heavy (non-hydrogen) atoms. The molecule has 0 spiro atoms. The maximum absolute atomic E-state index is 5.86. The molecular formula is C21H22N2O. The monoisotopic (exact) mass is 318 g/mol. The topological polar surface area (TPSA) is 26.2 Å². The van der Waals surface area contributed by atoms with Gasteiger partial charge in [0.15, 0.2) is 0 Å². The number of nitrogens with one attached hydrogen (secondary N) is 1. The molecule has 1 aromatic heterocycles. The van der Waals surface area contributed by atoms with Crippen LogP contribution < -0.4 is 10.1 Å². The Morgan fingerprint density at radius 1 is 0.875 bits per heavy atom. The Balaban J connectivity index is 1.47. The van der Waals surface area contributed by atoms with Crippen molar-refractivity contribution in [1.82, 2.24) is 9.88 Å². The zero-order chi connectivity index (χ0) is 16.2. The first-order valence-corrected chi connectivity index (χ1v) is 8.60. The van der Waals surface area contributed by atoms with Crippen LogP contribution in [0.4, 0.5) is 0 Å². The van der Waals surface area contributed by atoms with E-state index in [0.717, 1.165) is 24.6 Å². The Kier molecular flexibility index (Phi) is 4.34. The number of hydrogen-bond acceptors (Lipinski definition) is 2. The first kappa shape index (κ1) is 15.0. The minimum absolute atomic E-state index is 0.577. The molecule has 2 aromatic carbocycles. The standard InChI is InChI=1S/C21H22N2O/c1-2-6-20(7-3-1)24-21-10-8-17(9-11-21)18-12-14-23(16-18)19-5-4-13-22-15-19/h1-3,6-12,14,16,19,22H,4-5,13,15H2/t19-/m0/s1. The van der Waals surface area contributed by atoms with Crippen LogP contribution in [0, 0.1) is 0 Å². The summed E-state index contributed by atoms with van der Waals surface area (Å²) in [6, 6.07) is 21.0. The van der Waals surface area contributed by atoms with Crippen molar-refractivity contribution < 1.29 is 4.74 Å². The van der Waals surface area contributed by atoms with E-state index in [4.69, 9.17) is 4.74 Å². The van der Waals surface area contributed by atoms with Gasteiger partial charge in [0.2, 0.25) is 0 Å². The minimum atomic E-state index is 0.577. The van der Waals surface area contributed by atoms with Crippen LogP contribution in [0.25, 0.3) is 11.1 Å². The van der Waals surface area contributed by atoms with E-state index in [1.807, 2.05) is 42.5 Å². The second-order valence-corrected chi connectivity index (χ2v) is 6.29. The van der Waals surface area contributed by atoms with Gasteiger partial charge in [-0.25, -0.2) is 0 Å². The van der Waals surface area contributed by atoms with Crippen LogP contribution in [-0.2, 0) is 0 Å². The molecule has 0 amide bonds. The molecule has 1 N–H and O–H groups in total. The number of para-hydroxylation sites is 1. The van der Waals surface area contributed by atoms with Crippen LogP contribution in [-0.4, -0.2) is 17.7 Å². The highest BCUT2D eigenvalue weighted by atomic mass is 16.5. The smallest absolute Gasteiger partial charge is 0.127 e. The third-order valence-corrected chi connectivity index (χ3v) is 4.57. The predicted molar refractivity (Wildman–Crippen MR) is 97.5 cm³/mol. The van der Waals surface area contributed by atoms with Crippen LogP contribution in [0.15, 0.2) is 73.1 Å². The minimum Gasteiger partial charge on any atom is -0.457 e. The highest BCUT2D eigenvalue weighted by Crippen LogP contribution is 2.27. The van der Waals surface area contributed by atoms with E-state index < -0.39 is 0 Å². The van der Waals surface area contributed by atoms with Gasteiger partial charge in [-0.3, -0.25) is 0 Å². The summed E-state index contributed by atoms with van der Waals surface area (Å²) in [5, 5.41) is 3.48. The average molecular weight is 318 g/mol. The molecule has 3 nitrogen and oxygen atoms in total. The number of piperidine rings is 1. The predicted octanol–water partition coefficient (Wildman–Crippen LogP) is 4.87. The van der Waals surface area contributed by atoms with Crippen molar-refractivity contribution in [1.29, 1.82) is 0 Å². The Labute approximate surface area is 142 Å². The Morgan fingerprint density at radius 2 is 1.67 bits per heavy atom. The lowest BCUT2D eigenvalue weighted by Gasteiger charge is -2.24. The summed E-state index contributed by atoms with van der Waals surface area (Å²) in [5.74, 6) is 1.72. The summed E-state index contributed by atoms with van der Waals surface area (Å²) in [6.07, 6.45) is 6.96. The second kappa shape index (κ2) is 6.93. The van der Waals surface area contributed by atoms with Gasteiger partial charge in [0.05, 0.1) is 0 Å². The highest BCUT2D eigenvalue weighted by Gasteiger charge is 2.14. The van der Waals surface area contributed by atoms with Crippen molar-refractivity contribution >= 4 is 0 Å². The zero-order valence-electron chi connectivity index (χ0n) is 13.7. The highest BCUT2D eigenvalue weighted by molar-refractivity contribution is 5.63. The van der Waals surface area contributed by atoms with Gasteiger partial charge in [0.25, 0.3) is 0 Å². The molecule has 3 heteroatoms. The van der Waals surface area contributed by atoms with Crippen molar-refractivity contribution in [3.05, 3.63) is 73.1 Å². The molecule has 1 saturated heterocycles. The van der Waals surface area contributed by atoms with Crippen molar-refractivity contribution in [3.63, 3.8) is 0 Å². The number of benzene rings is 2. The van der Waals surface area contributed by atoms with Crippen LogP contribution in [0.1, 0.15) is 18.9 Å². The molecule has 2 heterocycles. The lowest BCUT2D eigenvalue weighted by atomic mass is 10.1. The summed E-state index contributed by atoms with van der Waals surface area (Å²) in [4.78, 5) is 0. The van der Waals surface area contributed by atoms with Crippen LogP contribution in [0.5, 0.6) is 11.5 Å². The van der Waals surface area contributed by atoms with E-state index in [1.54, 1.807) is 0 Å². The zero-order valence-corrected chi connectivity index (χ0v) is 13.7. The quantitative estimate of drug-likeness (QED) is 0.742. The summed E-state index contributed by atoms with van der Waals surface area (Å²) in [7, 11) is 0. The first-order chi connectivity index (χ1) is 11.9. The van der Waals surface area contributed by atoms with E-state index >= 15 is 0 Å². The molecule has 1 aliphatic heterocycles. The fourth-order valence-electron chi connectivity index (χ4n) is 3.24. The van der Waals surface area contributed by atoms with Crippen molar-refractivity contribution in [2.75, 3.05) is 13.1 Å². The molecular weight excluding hydrogens is 296 g/mol. The molecule has 0 unspecified atom stereocenters. The number of aromatic nitrogens is 1. The van der Waals surface area contributed by atoms with E-state index in [1.165, 1.54) is 24.0 Å². The fourth-order valence-corrected chi connectivity index (χ4v) is 3.24. The molecule has 3 aromatic rings. The number of ether oxygens (including phenoxy) is 1. The fraction of sp³-hybridized carbons (Fsp3) is 0.238. The van der Waals surface area contributed by atoms with E-state index in [2.05, 4.69) is 40.5 Å². The third kappa shape index (κ3) is 3.36. The summed E-state index contributed by atoms with van der Waals surface area (Å²) >= 11 is 0. The molecule has 1 fully saturated rings. The van der Waals surface area contributed by atoms with Crippen LogP contribution in [0.2, 0.25) is 0 Å². The van der Waals surface area contributed by atoms with Gasteiger partial charge in [-0.15, -0.1) is 0 Å². The van der Waals surface area contributed by atoms with E-state index in [9.17, 15) is 0 Å². The van der Waals surface area contributed by atoms with Crippen LogP contribution >= 0.6 is 0 Å². The van der Waals surface area contributed by atoms with Gasteiger partial charge < -0.3 is 14.6 Å². The largest absolute Gasteiger partial charge is 0.457 e. The molecule has 122 valence electrons. The van der Waals surface area contributed by atoms with Gasteiger partial charge in [0, 0.05) is 25.0 Å². The van der Waals surface area contributed by atoms with E-state index in [-0.39, 0.29) is 0 Å². The molecule has 0 saturated carbocycles. The van der Waals surface area contributed by atoms with Crippen molar-refractivity contribution in [2.24, 2.45) is 0 Å². The average Bonchev–Trinajstić information content (AvgIpc) is 3.14. The van der Waals surface area contributed by atoms with Gasteiger partial charge in [-0.05, 0) is 60.8 Å². The third-order valence-electron chi connectivity index (χ3n) is 4.57. The molecule has 1 aliphatic rings. The van der Waals surface area contributed by atoms with Gasteiger partial charge in [0.1, 0.15) is 11.5 Å². The number of hydrogen-bond donors (Lipinski definition) is 1. The summed E-state index contributed by atoms with van der Waals surface area (Å²) in [6.45, 7) is 2.21. The Morgan fingerprint density at radius 3 is 2.42 bits per heavy atom. The van der Waals surface area contributed by atoms with Crippen molar-refractivity contribution in [3.8, 4) is 22.6 Å². The molecule has 1 atom stereocenters. The Bertz CT molecular complexity index is 771. The number of nitrogens with zero attached hydrogens (tertiary/aromatic N) is 1. The molecule has 4 rings (SSSR count). The van der Waals surface area contributed by atoms with E-state index in [0.29, 0.717) is 6.04 Å². The summed E-state index contributed by atoms with van der Waals surface area (Å²) in [5.41, 5.74) is 2.48.